The zero-order valence-electron chi connectivity index (χ0n) is 20.2. The SMILES string of the molecule is COc1cccc2c1C(c1ccc(C(C)N)cc1)=CC1(CCN(C(=O)OC(C)(C)C)CC1)O2. The molecule has 0 aromatic heterocycles. The Kier molecular flexibility index (Phi) is 6.14. The van der Waals surface area contributed by atoms with Crippen LogP contribution in [0.25, 0.3) is 5.57 Å². The second-order valence-electron chi connectivity index (χ2n) is 9.94. The summed E-state index contributed by atoms with van der Waals surface area (Å²) < 4.78 is 17.8. The van der Waals surface area contributed by atoms with E-state index in [9.17, 15) is 4.79 Å². The lowest BCUT2D eigenvalue weighted by Crippen LogP contribution is -2.50. The highest BCUT2D eigenvalue weighted by atomic mass is 16.6. The first-order chi connectivity index (χ1) is 15.6. The van der Waals surface area contributed by atoms with Crippen molar-refractivity contribution >= 4 is 11.7 Å². The molecule has 2 N–H and O–H groups in total. The van der Waals surface area contributed by atoms with Crippen LogP contribution in [0, 0.1) is 0 Å². The summed E-state index contributed by atoms with van der Waals surface area (Å²) in [5.74, 6) is 1.57. The maximum Gasteiger partial charge on any atom is 0.410 e. The van der Waals surface area contributed by atoms with Crippen LogP contribution in [0.1, 0.15) is 63.3 Å². The number of likely N-dealkylation sites (tertiary alicyclic amines) is 1. The average Bonchev–Trinajstić information content (AvgIpc) is 2.77. The summed E-state index contributed by atoms with van der Waals surface area (Å²) in [4.78, 5) is 14.3. The van der Waals surface area contributed by atoms with Crippen LogP contribution in [0.2, 0.25) is 0 Å². The van der Waals surface area contributed by atoms with Crippen LogP contribution in [-0.4, -0.2) is 42.4 Å². The molecule has 33 heavy (non-hydrogen) atoms. The molecule has 2 aliphatic heterocycles. The van der Waals surface area contributed by atoms with E-state index >= 15 is 0 Å². The molecule has 1 amide bonds. The van der Waals surface area contributed by atoms with Gasteiger partial charge in [-0.25, -0.2) is 4.79 Å². The van der Waals surface area contributed by atoms with Gasteiger partial charge in [0, 0.05) is 32.0 Å². The quantitative estimate of drug-likeness (QED) is 0.686. The van der Waals surface area contributed by atoms with Gasteiger partial charge in [0.2, 0.25) is 0 Å². The Bertz CT molecular complexity index is 1040. The van der Waals surface area contributed by atoms with Crippen molar-refractivity contribution in [3.63, 3.8) is 0 Å². The first-order valence-electron chi connectivity index (χ1n) is 11.5. The van der Waals surface area contributed by atoms with Gasteiger partial charge in [-0.2, -0.15) is 0 Å². The summed E-state index contributed by atoms with van der Waals surface area (Å²) in [6.45, 7) is 8.78. The van der Waals surface area contributed by atoms with Gasteiger partial charge in [0.1, 0.15) is 22.7 Å². The van der Waals surface area contributed by atoms with Gasteiger partial charge in [-0.1, -0.05) is 30.3 Å². The Morgan fingerprint density at radius 2 is 1.79 bits per heavy atom. The number of piperidine rings is 1. The van der Waals surface area contributed by atoms with E-state index in [1.54, 1.807) is 12.0 Å². The molecule has 1 unspecified atom stereocenters. The minimum Gasteiger partial charge on any atom is -0.496 e. The molecule has 4 rings (SSSR count). The average molecular weight is 451 g/mol. The van der Waals surface area contributed by atoms with Crippen molar-refractivity contribution in [2.45, 2.75) is 57.8 Å². The molecule has 1 saturated heterocycles. The number of benzene rings is 2. The van der Waals surface area contributed by atoms with Crippen molar-refractivity contribution in [2.75, 3.05) is 20.2 Å². The molecule has 1 fully saturated rings. The topological polar surface area (TPSA) is 74.0 Å². The van der Waals surface area contributed by atoms with E-state index in [0.29, 0.717) is 25.9 Å². The summed E-state index contributed by atoms with van der Waals surface area (Å²) in [5.41, 5.74) is 9.26. The highest BCUT2D eigenvalue weighted by Crippen LogP contribution is 2.47. The molecule has 6 nitrogen and oxygen atoms in total. The van der Waals surface area contributed by atoms with E-state index in [0.717, 1.165) is 33.8 Å². The first kappa shape index (κ1) is 23.2. The maximum atomic E-state index is 12.6. The second kappa shape index (κ2) is 8.75. The zero-order chi connectivity index (χ0) is 23.8. The fraction of sp³-hybridized carbons (Fsp3) is 0.444. The van der Waals surface area contributed by atoms with E-state index in [2.05, 4.69) is 30.3 Å². The first-order valence-corrected chi connectivity index (χ1v) is 11.5. The maximum absolute atomic E-state index is 12.6. The molecule has 6 heteroatoms. The van der Waals surface area contributed by atoms with Gasteiger partial charge in [-0.05, 0) is 62.6 Å². The molecule has 0 bridgehead atoms. The zero-order valence-corrected chi connectivity index (χ0v) is 20.2. The number of ether oxygens (including phenoxy) is 3. The number of hydrogen-bond acceptors (Lipinski definition) is 5. The normalized spacial score (nSPS) is 18.1. The summed E-state index contributed by atoms with van der Waals surface area (Å²) in [5, 5.41) is 0. The molecule has 2 aliphatic rings. The second-order valence-corrected chi connectivity index (χ2v) is 9.94. The van der Waals surface area contributed by atoms with Crippen LogP contribution in [0.15, 0.2) is 48.5 Å². The molecule has 176 valence electrons. The Balaban J connectivity index is 1.67. The third-order valence-electron chi connectivity index (χ3n) is 6.21. The van der Waals surface area contributed by atoms with Crippen molar-refractivity contribution in [3.8, 4) is 11.5 Å². The van der Waals surface area contributed by atoms with Crippen LogP contribution in [0.5, 0.6) is 11.5 Å². The summed E-state index contributed by atoms with van der Waals surface area (Å²) in [6, 6.07) is 14.2. The van der Waals surface area contributed by atoms with E-state index in [-0.39, 0.29) is 12.1 Å². The van der Waals surface area contributed by atoms with Crippen molar-refractivity contribution in [1.82, 2.24) is 4.90 Å². The number of methoxy groups -OCH3 is 1. The van der Waals surface area contributed by atoms with Crippen LogP contribution >= 0.6 is 0 Å². The van der Waals surface area contributed by atoms with Gasteiger partial charge < -0.3 is 24.8 Å². The van der Waals surface area contributed by atoms with Crippen LogP contribution in [0.4, 0.5) is 4.79 Å². The molecular formula is C27H34N2O4. The lowest BCUT2D eigenvalue weighted by atomic mass is 9.82. The number of nitrogens with zero attached hydrogens (tertiary/aromatic N) is 1. The highest BCUT2D eigenvalue weighted by Gasteiger charge is 2.41. The minimum absolute atomic E-state index is 0.0203. The third kappa shape index (κ3) is 4.86. The molecule has 0 aliphatic carbocycles. The summed E-state index contributed by atoms with van der Waals surface area (Å²) in [7, 11) is 1.68. The predicted molar refractivity (Wildman–Crippen MR) is 130 cm³/mol. The Labute approximate surface area is 196 Å². The number of carbonyl (C=O) groups excluding carboxylic acids is 1. The van der Waals surface area contributed by atoms with E-state index in [4.69, 9.17) is 19.9 Å². The van der Waals surface area contributed by atoms with Crippen molar-refractivity contribution in [3.05, 3.63) is 65.2 Å². The van der Waals surface area contributed by atoms with E-state index < -0.39 is 11.2 Å². The lowest BCUT2D eigenvalue weighted by Gasteiger charge is -2.43. The van der Waals surface area contributed by atoms with Crippen molar-refractivity contribution in [1.29, 1.82) is 0 Å². The largest absolute Gasteiger partial charge is 0.496 e. The Hall–Kier alpha value is -2.99. The fourth-order valence-corrected chi connectivity index (χ4v) is 4.45. The van der Waals surface area contributed by atoms with Gasteiger partial charge in [0.25, 0.3) is 0 Å². The van der Waals surface area contributed by atoms with E-state index in [1.165, 1.54) is 0 Å². The third-order valence-corrected chi connectivity index (χ3v) is 6.21. The minimum atomic E-state index is -0.511. The van der Waals surface area contributed by atoms with Gasteiger partial charge >= 0.3 is 6.09 Å². The number of fused-ring (bicyclic) bond motifs is 1. The number of rotatable bonds is 3. The molecule has 0 radical (unpaired) electrons. The monoisotopic (exact) mass is 450 g/mol. The molecule has 1 spiro atoms. The fourth-order valence-electron chi connectivity index (χ4n) is 4.45. The molecule has 2 heterocycles. The molecular weight excluding hydrogens is 416 g/mol. The van der Waals surface area contributed by atoms with Crippen LogP contribution in [0.3, 0.4) is 0 Å². The van der Waals surface area contributed by atoms with Crippen molar-refractivity contribution < 1.29 is 19.0 Å². The molecule has 2 aromatic rings. The van der Waals surface area contributed by atoms with Gasteiger partial charge in [0.05, 0.1) is 12.7 Å². The van der Waals surface area contributed by atoms with Gasteiger partial charge in [0.15, 0.2) is 0 Å². The number of hydrogen-bond donors (Lipinski definition) is 1. The summed E-state index contributed by atoms with van der Waals surface area (Å²) >= 11 is 0. The van der Waals surface area contributed by atoms with Gasteiger partial charge in [-0.3, -0.25) is 0 Å². The van der Waals surface area contributed by atoms with Crippen LogP contribution < -0.4 is 15.2 Å². The molecule has 0 saturated carbocycles. The van der Waals surface area contributed by atoms with Crippen LogP contribution in [-0.2, 0) is 4.74 Å². The van der Waals surface area contributed by atoms with E-state index in [1.807, 2.05) is 45.9 Å². The molecule has 1 atom stereocenters. The number of nitrogens with two attached hydrogens (primary N) is 1. The number of carbonyl (C=O) groups is 1. The molecule has 2 aromatic carbocycles. The van der Waals surface area contributed by atoms with Gasteiger partial charge in [-0.15, -0.1) is 0 Å². The Morgan fingerprint density at radius 1 is 1.12 bits per heavy atom. The summed E-state index contributed by atoms with van der Waals surface area (Å²) in [6.07, 6.45) is 3.31. The highest BCUT2D eigenvalue weighted by molar-refractivity contribution is 5.88. The Morgan fingerprint density at radius 3 is 2.36 bits per heavy atom. The standard InChI is InChI=1S/C27H34N2O4/c1-18(28)19-9-11-20(12-10-19)21-17-27(32-23-8-6-7-22(31-5)24(21)23)13-15-29(16-14-27)25(30)33-26(2,3)4/h6-12,17-18H,13-16,28H2,1-5H3. The lowest BCUT2D eigenvalue weighted by molar-refractivity contribution is -0.00120. The van der Waals surface area contributed by atoms with Crippen molar-refractivity contribution in [2.24, 2.45) is 5.73 Å². The smallest absolute Gasteiger partial charge is 0.410 e. The predicted octanol–water partition coefficient (Wildman–Crippen LogP) is 5.31. The number of amides is 1.